The highest BCUT2D eigenvalue weighted by Crippen LogP contribution is 2.36. The summed E-state index contributed by atoms with van der Waals surface area (Å²) in [6.07, 6.45) is 5.88. The highest BCUT2D eigenvalue weighted by Gasteiger charge is 2.25. The van der Waals surface area contributed by atoms with E-state index in [1.165, 1.54) is 16.9 Å². The van der Waals surface area contributed by atoms with E-state index in [2.05, 4.69) is 6.92 Å². The Bertz CT molecular complexity index is 805. The molecule has 1 aliphatic heterocycles. The van der Waals surface area contributed by atoms with Crippen molar-refractivity contribution in [2.24, 2.45) is 5.92 Å². The molecule has 6 heteroatoms. The van der Waals surface area contributed by atoms with Gasteiger partial charge in [-0.1, -0.05) is 18.7 Å². The second kappa shape index (κ2) is 6.81. The minimum absolute atomic E-state index is 0.157. The Morgan fingerprint density at radius 3 is 3.04 bits per heavy atom. The molecule has 1 aliphatic carbocycles. The van der Waals surface area contributed by atoms with Crippen LogP contribution < -0.4 is 5.56 Å². The molecule has 130 valence electrons. The van der Waals surface area contributed by atoms with Crippen molar-refractivity contribution >= 4 is 33.3 Å². The van der Waals surface area contributed by atoms with Crippen molar-refractivity contribution in [3.05, 3.63) is 20.8 Å². The molecule has 0 amide bonds. The van der Waals surface area contributed by atoms with Crippen LogP contribution in [0.15, 0.2) is 9.95 Å². The second-order valence-corrected chi connectivity index (χ2v) is 8.99. The van der Waals surface area contributed by atoms with Crippen LogP contribution in [0.25, 0.3) is 10.2 Å². The normalized spacial score (nSPS) is 23.8. The molecule has 2 atom stereocenters. The summed E-state index contributed by atoms with van der Waals surface area (Å²) in [7, 11) is 0. The average molecular weight is 365 g/mol. The zero-order chi connectivity index (χ0) is 16.7. The maximum Gasteiger partial charge on any atom is 0.263 e. The van der Waals surface area contributed by atoms with E-state index in [1.54, 1.807) is 23.1 Å². The SMILES string of the molecule is CCn1c(SC[C@@H]2CCCO2)nc2sc3c(c2c1=O)CC[C@@H](C)C3. The number of thiophene rings is 1. The van der Waals surface area contributed by atoms with Crippen LogP contribution >= 0.6 is 23.1 Å². The number of rotatable bonds is 4. The fraction of sp³-hybridized carbons (Fsp3) is 0.667. The van der Waals surface area contributed by atoms with E-state index in [4.69, 9.17) is 9.72 Å². The monoisotopic (exact) mass is 364 g/mol. The topological polar surface area (TPSA) is 44.1 Å². The minimum atomic E-state index is 0.157. The summed E-state index contributed by atoms with van der Waals surface area (Å²) in [4.78, 5) is 20.3. The molecular weight excluding hydrogens is 340 g/mol. The van der Waals surface area contributed by atoms with E-state index in [-0.39, 0.29) is 5.56 Å². The molecule has 0 aromatic carbocycles. The summed E-state index contributed by atoms with van der Waals surface area (Å²) in [5.74, 6) is 1.60. The molecule has 2 aromatic heterocycles. The molecule has 4 nitrogen and oxygen atoms in total. The Morgan fingerprint density at radius 2 is 2.29 bits per heavy atom. The van der Waals surface area contributed by atoms with Gasteiger partial charge in [-0.25, -0.2) is 4.98 Å². The standard InChI is InChI=1S/C18H24N2O2S2/c1-3-20-17(21)15-13-7-6-11(2)9-14(13)24-16(15)19-18(20)23-10-12-5-4-8-22-12/h11-12H,3-10H2,1-2H3/t11-,12+/m1/s1. The van der Waals surface area contributed by atoms with Gasteiger partial charge in [-0.3, -0.25) is 9.36 Å². The van der Waals surface area contributed by atoms with Crippen LogP contribution in [0.1, 0.15) is 43.6 Å². The molecule has 3 heterocycles. The maximum absolute atomic E-state index is 13.1. The third kappa shape index (κ3) is 2.93. The predicted octanol–water partition coefficient (Wildman–Crippen LogP) is 3.87. The van der Waals surface area contributed by atoms with Crippen LogP contribution in [-0.2, 0) is 24.1 Å². The Morgan fingerprint density at radius 1 is 1.42 bits per heavy atom. The summed E-state index contributed by atoms with van der Waals surface area (Å²) in [6.45, 7) is 5.88. The molecule has 0 saturated carbocycles. The van der Waals surface area contributed by atoms with Gasteiger partial charge in [0.25, 0.3) is 5.56 Å². The van der Waals surface area contributed by atoms with E-state index >= 15 is 0 Å². The van der Waals surface area contributed by atoms with Gasteiger partial charge in [-0.2, -0.15) is 0 Å². The highest BCUT2D eigenvalue weighted by molar-refractivity contribution is 7.99. The smallest absolute Gasteiger partial charge is 0.263 e. The van der Waals surface area contributed by atoms with E-state index in [0.717, 1.165) is 53.4 Å². The first kappa shape index (κ1) is 16.6. The van der Waals surface area contributed by atoms with Crippen LogP contribution in [0.2, 0.25) is 0 Å². The van der Waals surface area contributed by atoms with Crippen molar-refractivity contribution in [1.29, 1.82) is 0 Å². The summed E-state index contributed by atoms with van der Waals surface area (Å²) < 4.78 is 7.56. The predicted molar refractivity (Wildman–Crippen MR) is 100 cm³/mol. The summed E-state index contributed by atoms with van der Waals surface area (Å²) >= 11 is 3.42. The molecule has 1 saturated heterocycles. The summed E-state index contributed by atoms with van der Waals surface area (Å²) in [5, 5.41) is 1.75. The van der Waals surface area contributed by atoms with Crippen molar-refractivity contribution in [3.63, 3.8) is 0 Å². The number of thioether (sulfide) groups is 1. The zero-order valence-corrected chi connectivity index (χ0v) is 16.0. The van der Waals surface area contributed by atoms with Gasteiger partial charge in [0, 0.05) is 23.8 Å². The summed E-state index contributed by atoms with van der Waals surface area (Å²) in [6, 6.07) is 0. The maximum atomic E-state index is 13.1. The van der Waals surface area contributed by atoms with Crippen LogP contribution in [-0.4, -0.2) is 28.0 Å². The highest BCUT2D eigenvalue weighted by atomic mass is 32.2. The lowest BCUT2D eigenvalue weighted by Gasteiger charge is -2.17. The second-order valence-electron chi connectivity index (χ2n) is 6.92. The summed E-state index contributed by atoms with van der Waals surface area (Å²) in [5.41, 5.74) is 1.44. The molecule has 2 aromatic rings. The number of aromatic nitrogens is 2. The van der Waals surface area contributed by atoms with Gasteiger partial charge in [0.1, 0.15) is 4.83 Å². The van der Waals surface area contributed by atoms with Gasteiger partial charge < -0.3 is 4.74 Å². The van der Waals surface area contributed by atoms with E-state index in [1.807, 2.05) is 11.5 Å². The van der Waals surface area contributed by atoms with E-state index < -0.39 is 0 Å². The third-order valence-corrected chi connectivity index (χ3v) is 7.38. The third-order valence-electron chi connectivity index (χ3n) is 5.12. The van der Waals surface area contributed by atoms with E-state index in [9.17, 15) is 4.79 Å². The van der Waals surface area contributed by atoms with Crippen LogP contribution in [0.3, 0.4) is 0 Å². The van der Waals surface area contributed by atoms with Crippen LogP contribution in [0.4, 0.5) is 0 Å². The number of nitrogens with zero attached hydrogens (tertiary/aromatic N) is 2. The van der Waals surface area contributed by atoms with Gasteiger partial charge >= 0.3 is 0 Å². The van der Waals surface area contributed by atoms with Gasteiger partial charge in [-0.05, 0) is 50.5 Å². The van der Waals surface area contributed by atoms with Gasteiger partial charge in [0.05, 0.1) is 11.5 Å². The fourth-order valence-electron chi connectivity index (χ4n) is 3.74. The van der Waals surface area contributed by atoms with Gasteiger partial charge in [0.15, 0.2) is 5.16 Å². The van der Waals surface area contributed by atoms with Crippen molar-refractivity contribution in [3.8, 4) is 0 Å². The lowest BCUT2D eigenvalue weighted by Crippen LogP contribution is -2.24. The van der Waals surface area contributed by atoms with Crippen LogP contribution in [0.5, 0.6) is 0 Å². The minimum Gasteiger partial charge on any atom is -0.377 e. The first-order chi connectivity index (χ1) is 11.7. The molecule has 0 spiro atoms. The molecule has 4 rings (SSSR count). The van der Waals surface area contributed by atoms with Crippen molar-refractivity contribution in [2.75, 3.05) is 12.4 Å². The van der Waals surface area contributed by atoms with Crippen LogP contribution in [0, 0.1) is 5.92 Å². The van der Waals surface area contributed by atoms with Gasteiger partial charge in [0.2, 0.25) is 0 Å². The lowest BCUT2D eigenvalue weighted by atomic mass is 9.89. The number of fused-ring (bicyclic) bond motifs is 3. The van der Waals surface area contributed by atoms with Crippen molar-refractivity contribution < 1.29 is 4.74 Å². The van der Waals surface area contributed by atoms with E-state index in [0.29, 0.717) is 18.6 Å². The molecule has 0 bridgehead atoms. The molecule has 24 heavy (non-hydrogen) atoms. The number of ether oxygens (including phenoxy) is 1. The first-order valence-corrected chi connectivity index (χ1v) is 10.8. The van der Waals surface area contributed by atoms with Crippen molar-refractivity contribution in [2.45, 2.75) is 63.8 Å². The molecule has 0 radical (unpaired) electrons. The zero-order valence-electron chi connectivity index (χ0n) is 14.3. The average Bonchev–Trinajstić information content (AvgIpc) is 3.19. The molecule has 1 fully saturated rings. The first-order valence-electron chi connectivity index (χ1n) is 8.96. The number of hydrogen-bond donors (Lipinski definition) is 0. The largest absolute Gasteiger partial charge is 0.377 e. The molecule has 0 unspecified atom stereocenters. The molecular formula is C18H24N2O2S2. The van der Waals surface area contributed by atoms with Crippen molar-refractivity contribution in [1.82, 2.24) is 9.55 Å². The molecule has 2 aliphatic rings. The Kier molecular flexibility index (Phi) is 4.71. The molecule has 0 N–H and O–H groups in total. The fourth-order valence-corrected chi connectivity index (χ4v) is 6.29. The quantitative estimate of drug-likeness (QED) is 0.610. The number of hydrogen-bond acceptors (Lipinski definition) is 5. The Hall–Kier alpha value is -0.850. The van der Waals surface area contributed by atoms with Gasteiger partial charge in [-0.15, -0.1) is 11.3 Å². The Labute approximate surface area is 150 Å². The lowest BCUT2D eigenvalue weighted by molar-refractivity contribution is 0.129. The Balaban J connectivity index is 1.73. The number of aryl methyl sites for hydroxylation is 1.